The lowest BCUT2D eigenvalue weighted by atomic mass is 9.76. The monoisotopic (exact) mass is 234 g/mol. The maximum absolute atomic E-state index is 5.72. The van der Waals surface area contributed by atoms with Crippen molar-refractivity contribution in [2.45, 2.75) is 13.8 Å². The predicted octanol–water partition coefficient (Wildman–Crippen LogP) is 1.18. The van der Waals surface area contributed by atoms with Gasteiger partial charge in [-0.1, -0.05) is 19.9 Å². The highest BCUT2D eigenvalue weighted by atomic mass is 16.7. The van der Waals surface area contributed by atoms with E-state index in [4.69, 9.17) is 18.8 Å². The minimum absolute atomic E-state index is 0.0901. The minimum atomic E-state index is -0.294. The fraction of sp³-hybridized carbons (Fsp3) is 0.500. The third-order valence-electron chi connectivity index (χ3n) is 2.92. The molecule has 0 amide bonds. The molecular weight excluding hydrogens is 219 g/mol. The van der Waals surface area contributed by atoms with Crippen molar-refractivity contribution in [2.75, 3.05) is 20.0 Å². The van der Waals surface area contributed by atoms with E-state index in [9.17, 15) is 0 Å². The van der Waals surface area contributed by atoms with Gasteiger partial charge in [0.1, 0.15) is 0 Å². The highest BCUT2D eigenvalue weighted by Gasteiger charge is 2.34. The molecule has 0 saturated carbocycles. The van der Waals surface area contributed by atoms with Gasteiger partial charge in [-0.25, -0.2) is 0 Å². The molecule has 2 heterocycles. The Morgan fingerprint density at radius 2 is 1.76 bits per heavy atom. The SMILES string of the molecule is CC1(C)COB(c2ccc3c(c2)OCO3)OC1. The summed E-state index contributed by atoms with van der Waals surface area (Å²) in [5.41, 5.74) is 1.07. The van der Waals surface area contributed by atoms with E-state index in [0.717, 1.165) is 17.0 Å². The third kappa shape index (κ3) is 2.12. The maximum Gasteiger partial charge on any atom is 0.494 e. The van der Waals surface area contributed by atoms with Gasteiger partial charge in [0.2, 0.25) is 6.79 Å². The van der Waals surface area contributed by atoms with Gasteiger partial charge in [0, 0.05) is 18.6 Å². The molecule has 0 aromatic heterocycles. The number of ether oxygens (including phenoxy) is 2. The molecular formula is C12H15BO4. The lowest BCUT2D eigenvalue weighted by molar-refractivity contribution is 0.0343. The van der Waals surface area contributed by atoms with Crippen molar-refractivity contribution in [3.63, 3.8) is 0 Å². The predicted molar refractivity (Wildman–Crippen MR) is 63.6 cm³/mol. The van der Waals surface area contributed by atoms with Crippen molar-refractivity contribution in [2.24, 2.45) is 5.41 Å². The van der Waals surface area contributed by atoms with Crippen molar-refractivity contribution in [3.05, 3.63) is 18.2 Å². The second-order valence-electron chi connectivity index (χ2n) is 5.23. The van der Waals surface area contributed by atoms with Gasteiger partial charge in [-0.3, -0.25) is 0 Å². The summed E-state index contributed by atoms with van der Waals surface area (Å²) < 4.78 is 22.0. The van der Waals surface area contributed by atoms with E-state index in [-0.39, 0.29) is 19.3 Å². The van der Waals surface area contributed by atoms with Crippen LogP contribution in [0.2, 0.25) is 0 Å². The van der Waals surface area contributed by atoms with E-state index in [1.807, 2.05) is 18.2 Å². The molecule has 1 saturated heterocycles. The zero-order valence-corrected chi connectivity index (χ0v) is 10.1. The zero-order valence-electron chi connectivity index (χ0n) is 10.1. The molecule has 0 aliphatic carbocycles. The van der Waals surface area contributed by atoms with Gasteiger partial charge in [0.05, 0.1) is 0 Å². The Morgan fingerprint density at radius 3 is 2.53 bits per heavy atom. The first-order valence-corrected chi connectivity index (χ1v) is 5.77. The summed E-state index contributed by atoms with van der Waals surface area (Å²) in [7, 11) is -0.294. The standard InChI is InChI=1S/C12H15BO4/c1-12(2)6-16-13(17-7-12)9-3-4-10-11(5-9)15-8-14-10/h3-5H,6-8H2,1-2H3. The largest absolute Gasteiger partial charge is 0.494 e. The van der Waals surface area contributed by atoms with Gasteiger partial charge in [0.25, 0.3) is 0 Å². The number of hydrogen-bond donors (Lipinski definition) is 0. The first-order valence-electron chi connectivity index (χ1n) is 5.77. The van der Waals surface area contributed by atoms with Crippen molar-refractivity contribution >= 4 is 12.6 Å². The molecule has 17 heavy (non-hydrogen) atoms. The second kappa shape index (κ2) is 3.93. The van der Waals surface area contributed by atoms with Crippen LogP contribution in [0.5, 0.6) is 11.5 Å². The molecule has 1 fully saturated rings. The van der Waals surface area contributed by atoms with Crippen LogP contribution in [0.4, 0.5) is 0 Å². The van der Waals surface area contributed by atoms with Crippen molar-refractivity contribution in [1.29, 1.82) is 0 Å². The smallest absolute Gasteiger partial charge is 0.454 e. The van der Waals surface area contributed by atoms with Crippen LogP contribution in [0.1, 0.15) is 13.8 Å². The normalized spacial score (nSPS) is 21.6. The van der Waals surface area contributed by atoms with Gasteiger partial charge in [-0.05, 0) is 17.6 Å². The summed E-state index contributed by atoms with van der Waals surface area (Å²) in [6, 6.07) is 5.77. The number of rotatable bonds is 1. The molecule has 1 aromatic carbocycles. The van der Waals surface area contributed by atoms with Crippen LogP contribution in [0.3, 0.4) is 0 Å². The van der Waals surface area contributed by atoms with E-state index >= 15 is 0 Å². The minimum Gasteiger partial charge on any atom is -0.454 e. The van der Waals surface area contributed by atoms with Crippen LogP contribution >= 0.6 is 0 Å². The first kappa shape index (κ1) is 10.9. The van der Waals surface area contributed by atoms with E-state index in [2.05, 4.69) is 13.8 Å². The van der Waals surface area contributed by atoms with Gasteiger partial charge in [-0.2, -0.15) is 0 Å². The molecule has 0 spiro atoms. The number of benzene rings is 1. The van der Waals surface area contributed by atoms with Gasteiger partial charge >= 0.3 is 7.12 Å². The van der Waals surface area contributed by atoms with Crippen LogP contribution < -0.4 is 14.9 Å². The van der Waals surface area contributed by atoms with Gasteiger partial charge in [-0.15, -0.1) is 0 Å². The summed E-state index contributed by atoms with van der Waals surface area (Å²) in [5, 5.41) is 0. The topological polar surface area (TPSA) is 36.9 Å². The highest BCUT2D eigenvalue weighted by Crippen LogP contribution is 2.30. The second-order valence-corrected chi connectivity index (χ2v) is 5.23. The molecule has 90 valence electrons. The zero-order chi connectivity index (χ0) is 11.9. The molecule has 5 heteroatoms. The van der Waals surface area contributed by atoms with Crippen LogP contribution in [0.25, 0.3) is 0 Å². The van der Waals surface area contributed by atoms with E-state index < -0.39 is 0 Å². The van der Waals surface area contributed by atoms with Crippen molar-refractivity contribution in [1.82, 2.24) is 0 Å². The fourth-order valence-electron chi connectivity index (χ4n) is 1.94. The van der Waals surface area contributed by atoms with Crippen LogP contribution in [-0.4, -0.2) is 27.1 Å². The van der Waals surface area contributed by atoms with Crippen molar-refractivity contribution < 1.29 is 18.8 Å². The molecule has 0 radical (unpaired) electrons. The Bertz CT molecular complexity index is 423. The molecule has 2 aliphatic rings. The van der Waals surface area contributed by atoms with Crippen molar-refractivity contribution in [3.8, 4) is 11.5 Å². The Kier molecular flexibility index (Phi) is 2.52. The molecule has 0 atom stereocenters. The Morgan fingerprint density at radius 1 is 1.06 bits per heavy atom. The lowest BCUT2D eigenvalue weighted by Gasteiger charge is -2.33. The van der Waals surface area contributed by atoms with E-state index in [1.54, 1.807) is 0 Å². The Labute approximate surface area is 101 Å². The third-order valence-corrected chi connectivity index (χ3v) is 2.92. The fourth-order valence-corrected chi connectivity index (χ4v) is 1.94. The van der Waals surface area contributed by atoms with Crippen LogP contribution in [-0.2, 0) is 9.31 Å². The summed E-state index contributed by atoms with van der Waals surface area (Å²) in [5.74, 6) is 1.55. The average molecular weight is 234 g/mol. The highest BCUT2D eigenvalue weighted by molar-refractivity contribution is 6.61. The van der Waals surface area contributed by atoms with Crippen LogP contribution in [0.15, 0.2) is 18.2 Å². The molecule has 0 unspecified atom stereocenters. The summed E-state index contributed by atoms with van der Waals surface area (Å²) in [6.07, 6.45) is 0. The summed E-state index contributed by atoms with van der Waals surface area (Å²) >= 11 is 0. The Balaban J connectivity index is 1.77. The van der Waals surface area contributed by atoms with Crippen LogP contribution in [0, 0.1) is 5.41 Å². The first-order chi connectivity index (χ1) is 8.14. The summed E-state index contributed by atoms with van der Waals surface area (Å²) in [6.45, 7) is 5.95. The van der Waals surface area contributed by atoms with E-state index in [0.29, 0.717) is 13.2 Å². The molecule has 1 aromatic rings. The average Bonchev–Trinajstić information content (AvgIpc) is 2.76. The molecule has 2 aliphatic heterocycles. The quantitative estimate of drug-likeness (QED) is 0.684. The van der Waals surface area contributed by atoms with Gasteiger partial charge in [0.15, 0.2) is 11.5 Å². The number of fused-ring (bicyclic) bond motifs is 1. The van der Waals surface area contributed by atoms with Gasteiger partial charge < -0.3 is 18.8 Å². The molecule has 0 N–H and O–H groups in total. The molecule has 3 rings (SSSR count). The number of hydrogen-bond acceptors (Lipinski definition) is 4. The molecule has 0 bridgehead atoms. The van der Waals surface area contributed by atoms with E-state index in [1.165, 1.54) is 0 Å². The lowest BCUT2D eigenvalue weighted by Crippen LogP contribution is -2.47. The molecule has 4 nitrogen and oxygen atoms in total. The summed E-state index contributed by atoms with van der Waals surface area (Å²) in [4.78, 5) is 0. The maximum atomic E-state index is 5.72. The Hall–Kier alpha value is -1.20.